The van der Waals surface area contributed by atoms with Gasteiger partial charge in [-0.05, 0) is 60.4 Å². The molecule has 2 aromatic carbocycles. The van der Waals surface area contributed by atoms with Gasteiger partial charge in [0.25, 0.3) is 0 Å². The number of hydrogen-bond donors (Lipinski definition) is 1. The first-order valence-corrected chi connectivity index (χ1v) is 7.62. The summed E-state index contributed by atoms with van der Waals surface area (Å²) in [6.07, 6.45) is 3.78. The van der Waals surface area contributed by atoms with E-state index < -0.39 is 0 Å². The summed E-state index contributed by atoms with van der Waals surface area (Å²) in [7, 11) is 0. The molecule has 3 rings (SSSR count). The Morgan fingerprint density at radius 3 is 2.80 bits per heavy atom. The summed E-state index contributed by atoms with van der Waals surface area (Å²) in [5, 5.41) is 11.5. The Labute approximate surface area is 125 Å². The fraction of sp³-hybridized carbons (Fsp3) is 0.333. The van der Waals surface area contributed by atoms with Crippen molar-refractivity contribution in [3.8, 4) is 0 Å². The molecule has 0 aromatic heterocycles. The lowest BCUT2D eigenvalue weighted by Crippen LogP contribution is -2.14. The van der Waals surface area contributed by atoms with Crippen LogP contribution in [0.3, 0.4) is 0 Å². The molecule has 0 spiro atoms. The van der Waals surface area contributed by atoms with E-state index in [-0.39, 0.29) is 12.0 Å². The van der Waals surface area contributed by atoms with Crippen molar-refractivity contribution in [3.05, 3.63) is 70.2 Å². The summed E-state index contributed by atoms with van der Waals surface area (Å²) in [5.41, 5.74) is 3.62. The molecule has 0 heterocycles. The van der Waals surface area contributed by atoms with Crippen LogP contribution < -0.4 is 0 Å². The predicted octanol–water partition coefficient (Wildman–Crippen LogP) is 4.57. The normalized spacial score (nSPS) is 22.1. The Morgan fingerprint density at radius 2 is 1.95 bits per heavy atom. The topological polar surface area (TPSA) is 20.2 Å². The molecule has 1 aliphatic carbocycles. The van der Waals surface area contributed by atoms with Crippen LogP contribution in [0.5, 0.6) is 0 Å². The monoisotopic (exact) mass is 286 g/mol. The molecule has 0 fully saturated rings. The second-order valence-corrected chi connectivity index (χ2v) is 6.07. The van der Waals surface area contributed by atoms with Crippen molar-refractivity contribution >= 4 is 11.6 Å². The van der Waals surface area contributed by atoms with E-state index in [0.717, 1.165) is 36.3 Å². The second kappa shape index (κ2) is 5.99. The van der Waals surface area contributed by atoms with Gasteiger partial charge in [-0.2, -0.15) is 0 Å². The standard InChI is InChI=1S/C18H19ClO/c19-16-9-3-5-13(12-16)11-15-8-4-7-14-6-1-2-10-17(14)18(15)20/h1-3,5-6,9-10,12,15,18,20H,4,7-8,11H2. The number of aryl methyl sites for hydroxylation is 1. The van der Waals surface area contributed by atoms with Crippen LogP contribution in [0, 0.1) is 5.92 Å². The van der Waals surface area contributed by atoms with Crippen LogP contribution in [-0.4, -0.2) is 5.11 Å². The lowest BCUT2D eigenvalue weighted by Gasteiger charge is -2.22. The van der Waals surface area contributed by atoms with Gasteiger partial charge in [-0.15, -0.1) is 0 Å². The number of rotatable bonds is 2. The van der Waals surface area contributed by atoms with Crippen molar-refractivity contribution in [3.63, 3.8) is 0 Å². The molecule has 0 bridgehead atoms. The summed E-state index contributed by atoms with van der Waals surface area (Å²) in [5.74, 6) is 0.275. The minimum absolute atomic E-state index is 0.275. The average Bonchev–Trinajstić information content (AvgIpc) is 2.60. The highest BCUT2D eigenvalue weighted by Crippen LogP contribution is 2.35. The van der Waals surface area contributed by atoms with Crippen molar-refractivity contribution in [1.29, 1.82) is 0 Å². The van der Waals surface area contributed by atoms with Gasteiger partial charge in [-0.25, -0.2) is 0 Å². The fourth-order valence-corrected chi connectivity index (χ4v) is 3.41. The molecule has 20 heavy (non-hydrogen) atoms. The average molecular weight is 287 g/mol. The first-order valence-electron chi connectivity index (χ1n) is 7.24. The Kier molecular flexibility index (Phi) is 4.09. The molecule has 0 amide bonds. The first kappa shape index (κ1) is 13.7. The van der Waals surface area contributed by atoms with Gasteiger partial charge in [0.05, 0.1) is 6.10 Å². The predicted molar refractivity (Wildman–Crippen MR) is 83.0 cm³/mol. The van der Waals surface area contributed by atoms with Crippen LogP contribution >= 0.6 is 11.6 Å². The van der Waals surface area contributed by atoms with Gasteiger partial charge < -0.3 is 5.11 Å². The Bertz CT molecular complexity index is 593. The van der Waals surface area contributed by atoms with Crippen LogP contribution in [0.1, 0.15) is 35.6 Å². The quantitative estimate of drug-likeness (QED) is 0.802. The van der Waals surface area contributed by atoms with E-state index >= 15 is 0 Å². The maximum Gasteiger partial charge on any atom is 0.0824 e. The van der Waals surface area contributed by atoms with Gasteiger partial charge in [-0.3, -0.25) is 0 Å². The zero-order valence-corrected chi connectivity index (χ0v) is 12.2. The van der Waals surface area contributed by atoms with Crippen molar-refractivity contribution in [1.82, 2.24) is 0 Å². The third-order valence-electron chi connectivity index (χ3n) is 4.23. The number of hydrogen-bond acceptors (Lipinski definition) is 1. The highest BCUT2D eigenvalue weighted by Gasteiger charge is 2.25. The van der Waals surface area contributed by atoms with E-state index in [1.165, 1.54) is 11.1 Å². The summed E-state index contributed by atoms with van der Waals surface area (Å²) in [4.78, 5) is 0. The third kappa shape index (κ3) is 2.89. The van der Waals surface area contributed by atoms with Gasteiger partial charge in [0.15, 0.2) is 0 Å². The first-order chi connectivity index (χ1) is 9.74. The van der Waals surface area contributed by atoms with E-state index in [2.05, 4.69) is 24.3 Å². The molecule has 2 aromatic rings. The largest absolute Gasteiger partial charge is 0.388 e. The zero-order valence-electron chi connectivity index (χ0n) is 11.4. The smallest absolute Gasteiger partial charge is 0.0824 e. The van der Waals surface area contributed by atoms with E-state index in [1.807, 2.05) is 24.3 Å². The van der Waals surface area contributed by atoms with Crippen LogP contribution in [0.15, 0.2) is 48.5 Å². The van der Waals surface area contributed by atoms with Crippen LogP contribution in [-0.2, 0) is 12.8 Å². The molecule has 2 unspecified atom stereocenters. The number of fused-ring (bicyclic) bond motifs is 1. The van der Waals surface area contributed by atoms with E-state index in [1.54, 1.807) is 0 Å². The molecule has 2 atom stereocenters. The van der Waals surface area contributed by atoms with Gasteiger partial charge in [0.1, 0.15) is 0 Å². The fourth-order valence-electron chi connectivity index (χ4n) is 3.20. The Hall–Kier alpha value is -1.31. The summed E-state index contributed by atoms with van der Waals surface area (Å²) in [6.45, 7) is 0. The zero-order chi connectivity index (χ0) is 13.9. The second-order valence-electron chi connectivity index (χ2n) is 5.63. The molecule has 0 radical (unpaired) electrons. The van der Waals surface area contributed by atoms with E-state index in [9.17, 15) is 5.11 Å². The van der Waals surface area contributed by atoms with Gasteiger partial charge in [0, 0.05) is 5.02 Å². The minimum Gasteiger partial charge on any atom is -0.388 e. The van der Waals surface area contributed by atoms with Crippen LogP contribution in [0.2, 0.25) is 5.02 Å². The maximum absolute atomic E-state index is 10.7. The number of halogens is 1. The van der Waals surface area contributed by atoms with Gasteiger partial charge >= 0.3 is 0 Å². The van der Waals surface area contributed by atoms with E-state index in [0.29, 0.717) is 0 Å². The molecule has 1 N–H and O–H groups in total. The van der Waals surface area contributed by atoms with Crippen molar-refractivity contribution < 1.29 is 5.11 Å². The summed E-state index contributed by atoms with van der Waals surface area (Å²) >= 11 is 6.05. The molecule has 2 heteroatoms. The number of benzene rings is 2. The maximum atomic E-state index is 10.7. The van der Waals surface area contributed by atoms with Crippen molar-refractivity contribution in [2.24, 2.45) is 5.92 Å². The lowest BCUT2D eigenvalue weighted by molar-refractivity contribution is 0.105. The van der Waals surface area contributed by atoms with Gasteiger partial charge in [0.2, 0.25) is 0 Å². The molecule has 0 saturated heterocycles. The van der Waals surface area contributed by atoms with Crippen LogP contribution in [0.4, 0.5) is 0 Å². The lowest BCUT2D eigenvalue weighted by atomic mass is 9.88. The highest BCUT2D eigenvalue weighted by molar-refractivity contribution is 6.30. The molecular formula is C18H19ClO. The Morgan fingerprint density at radius 1 is 1.10 bits per heavy atom. The van der Waals surface area contributed by atoms with Crippen molar-refractivity contribution in [2.45, 2.75) is 31.8 Å². The molecule has 0 aliphatic heterocycles. The number of aliphatic hydroxyl groups is 1. The van der Waals surface area contributed by atoms with Crippen LogP contribution in [0.25, 0.3) is 0 Å². The summed E-state index contributed by atoms with van der Waals surface area (Å²) < 4.78 is 0. The summed E-state index contributed by atoms with van der Waals surface area (Å²) in [6, 6.07) is 16.3. The highest BCUT2D eigenvalue weighted by atomic mass is 35.5. The number of aliphatic hydroxyl groups excluding tert-OH is 1. The molecule has 0 saturated carbocycles. The molecule has 104 valence electrons. The minimum atomic E-state index is -0.368. The molecular weight excluding hydrogens is 268 g/mol. The van der Waals surface area contributed by atoms with Gasteiger partial charge in [-0.1, -0.05) is 48.0 Å². The van der Waals surface area contributed by atoms with E-state index in [4.69, 9.17) is 11.6 Å². The van der Waals surface area contributed by atoms with Crippen molar-refractivity contribution in [2.75, 3.05) is 0 Å². The third-order valence-corrected chi connectivity index (χ3v) is 4.46. The molecule has 1 aliphatic rings. The molecule has 1 nitrogen and oxygen atoms in total. The Balaban J connectivity index is 1.84. The SMILES string of the molecule is OC1c2ccccc2CCCC1Cc1cccc(Cl)c1.